The molecule has 0 amide bonds. The summed E-state index contributed by atoms with van der Waals surface area (Å²) in [6.45, 7) is 27.2. The van der Waals surface area contributed by atoms with Crippen LogP contribution in [0.15, 0.2) is 36.0 Å². The van der Waals surface area contributed by atoms with Crippen LogP contribution >= 0.6 is 0 Å². The molecule has 0 heterocycles. The zero-order valence-electron chi connectivity index (χ0n) is 16.2. The third-order valence-corrected chi connectivity index (χ3v) is 3.96. The van der Waals surface area contributed by atoms with Gasteiger partial charge < -0.3 is 0 Å². The summed E-state index contributed by atoms with van der Waals surface area (Å²) >= 11 is 0. The molecule has 0 saturated heterocycles. The van der Waals surface area contributed by atoms with Crippen molar-refractivity contribution in [3.05, 3.63) is 36.0 Å². The maximum atomic E-state index is 4.38. The summed E-state index contributed by atoms with van der Waals surface area (Å²) in [5, 5.41) is 0. The largest absolute Gasteiger partial charge is 0.0955 e. The fraction of sp³-hybridized carbons (Fsp3) is 0.714. The molecule has 0 rings (SSSR count). The van der Waals surface area contributed by atoms with E-state index in [1.807, 2.05) is 0 Å². The minimum Gasteiger partial charge on any atom is -0.0955 e. The van der Waals surface area contributed by atoms with E-state index in [1.165, 1.54) is 17.6 Å². The monoisotopic (exact) mass is 290 g/mol. The van der Waals surface area contributed by atoms with Gasteiger partial charge in [0.15, 0.2) is 0 Å². The van der Waals surface area contributed by atoms with Crippen molar-refractivity contribution in [3.63, 3.8) is 0 Å². The molecule has 1 atom stereocenters. The molecule has 0 fully saturated rings. The van der Waals surface area contributed by atoms with Crippen LogP contribution in [0.3, 0.4) is 0 Å². The predicted octanol–water partition coefficient (Wildman–Crippen LogP) is 7.19. The van der Waals surface area contributed by atoms with Crippen molar-refractivity contribution < 1.29 is 0 Å². The summed E-state index contributed by atoms with van der Waals surface area (Å²) < 4.78 is 0. The quantitative estimate of drug-likeness (QED) is 0.481. The highest BCUT2D eigenvalue weighted by atomic mass is 14.3. The summed E-state index contributed by atoms with van der Waals surface area (Å²) in [5.74, 6) is 0.506. The van der Waals surface area contributed by atoms with Gasteiger partial charge in [0.1, 0.15) is 0 Å². The van der Waals surface area contributed by atoms with Gasteiger partial charge >= 0.3 is 0 Å². The molecule has 0 aliphatic rings. The maximum Gasteiger partial charge on any atom is -0.0114 e. The van der Waals surface area contributed by atoms with Crippen molar-refractivity contribution >= 4 is 0 Å². The minimum absolute atomic E-state index is 0.187. The molecular formula is C21H38. The van der Waals surface area contributed by atoms with E-state index in [1.54, 1.807) is 0 Å². The second-order valence-electron chi connectivity index (χ2n) is 9.59. The zero-order chi connectivity index (χ0) is 17.1. The summed E-state index contributed by atoms with van der Waals surface area (Å²) in [4.78, 5) is 0. The predicted molar refractivity (Wildman–Crippen MR) is 98.5 cm³/mol. The van der Waals surface area contributed by atoms with Gasteiger partial charge in [0.25, 0.3) is 0 Å². The van der Waals surface area contributed by atoms with Crippen LogP contribution in [0.2, 0.25) is 0 Å². The lowest BCUT2D eigenvalue weighted by Gasteiger charge is -2.36. The lowest BCUT2D eigenvalue weighted by molar-refractivity contribution is 0.200. The van der Waals surface area contributed by atoms with Gasteiger partial charge in [-0.15, -0.1) is 0 Å². The van der Waals surface area contributed by atoms with Crippen molar-refractivity contribution in [2.45, 2.75) is 75.7 Å². The lowest BCUT2D eigenvalue weighted by atomic mass is 9.69. The number of allylic oxidation sites excluding steroid dienone is 5. The lowest BCUT2D eigenvalue weighted by Crippen LogP contribution is -2.26. The Balaban J connectivity index is 5.26. The third-order valence-electron chi connectivity index (χ3n) is 3.96. The highest BCUT2D eigenvalue weighted by molar-refractivity contribution is 5.31. The van der Waals surface area contributed by atoms with Gasteiger partial charge in [-0.3, -0.25) is 0 Å². The first kappa shape index (κ1) is 20.2. The Labute approximate surface area is 134 Å². The van der Waals surface area contributed by atoms with Gasteiger partial charge in [-0.1, -0.05) is 92.7 Å². The zero-order valence-corrected chi connectivity index (χ0v) is 16.2. The van der Waals surface area contributed by atoms with E-state index in [9.17, 15) is 0 Å². The van der Waals surface area contributed by atoms with E-state index in [0.29, 0.717) is 11.3 Å². The van der Waals surface area contributed by atoms with Crippen LogP contribution in [0.4, 0.5) is 0 Å². The van der Waals surface area contributed by atoms with Crippen LogP contribution in [0.5, 0.6) is 0 Å². The second kappa shape index (κ2) is 6.99. The topological polar surface area (TPSA) is 0 Å². The summed E-state index contributed by atoms with van der Waals surface area (Å²) in [5.41, 5.74) is 3.37. The molecule has 0 nitrogen and oxygen atoms in total. The van der Waals surface area contributed by atoms with Gasteiger partial charge in [-0.2, -0.15) is 0 Å². The molecular weight excluding hydrogens is 252 g/mol. The second-order valence-corrected chi connectivity index (χ2v) is 9.59. The number of hydrogen-bond acceptors (Lipinski definition) is 0. The summed E-state index contributed by atoms with van der Waals surface area (Å²) in [6.07, 6.45) is 7.87. The standard InChI is InChI=1S/C21H38/c1-12-17(20(6,7)8)14-13-16(2)18(21(9,10)11)15-19(3,4)5/h12-14,18H,2,15H2,1,3-11H3/b14-13-,17-12?. The fourth-order valence-electron chi connectivity index (χ4n) is 2.70. The number of rotatable bonds is 4. The first-order chi connectivity index (χ1) is 9.18. The van der Waals surface area contributed by atoms with Crippen LogP contribution in [0, 0.1) is 22.2 Å². The Morgan fingerprint density at radius 2 is 1.38 bits per heavy atom. The molecule has 1 unspecified atom stereocenters. The molecule has 0 heteroatoms. The Kier molecular flexibility index (Phi) is 6.73. The van der Waals surface area contributed by atoms with E-state index in [4.69, 9.17) is 0 Å². The summed E-state index contributed by atoms with van der Waals surface area (Å²) in [7, 11) is 0. The molecule has 122 valence electrons. The minimum atomic E-state index is 0.187. The third kappa shape index (κ3) is 7.69. The van der Waals surface area contributed by atoms with E-state index in [0.717, 1.165) is 0 Å². The normalized spacial score (nSPS) is 16.4. The van der Waals surface area contributed by atoms with Gasteiger partial charge in [-0.25, -0.2) is 0 Å². The Morgan fingerprint density at radius 1 is 0.905 bits per heavy atom. The Morgan fingerprint density at radius 3 is 1.67 bits per heavy atom. The van der Waals surface area contributed by atoms with Crippen molar-refractivity contribution in [2.75, 3.05) is 0 Å². The highest BCUT2D eigenvalue weighted by Gasteiger charge is 2.30. The maximum absolute atomic E-state index is 4.38. The van der Waals surface area contributed by atoms with E-state index in [2.05, 4.69) is 94.0 Å². The molecule has 0 aromatic carbocycles. The highest BCUT2D eigenvalue weighted by Crippen LogP contribution is 2.40. The average Bonchev–Trinajstić information content (AvgIpc) is 2.21. The molecule has 0 aromatic heterocycles. The molecule has 0 saturated carbocycles. The Bertz CT molecular complexity index is 397. The molecule has 21 heavy (non-hydrogen) atoms. The molecule has 0 radical (unpaired) electrons. The van der Waals surface area contributed by atoms with E-state index < -0.39 is 0 Å². The van der Waals surface area contributed by atoms with Crippen molar-refractivity contribution in [2.24, 2.45) is 22.2 Å². The number of hydrogen-bond donors (Lipinski definition) is 0. The molecule has 0 bridgehead atoms. The van der Waals surface area contributed by atoms with Crippen molar-refractivity contribution in [1.82, 2.24) is 0 Å². The van der Waals surface area contributed by atoms with Crippen LogP contribution in [-0.2, 0) is 0 Å². The van der Waals surface area contributed by atoms with Crippen LogP contribution in [-0.4, -0.2) is 0 Å². The van der Waals surface area contributed by atoms with Crippen molar-refractivity contribution in [3.8, 4) is 0 Å². The van der Waals surface area contributed by atoms with Gasteiger partial charge in [-0.05, 0) is 41.1 Å². The van der Waals surface area contributed by atoms with E-state index in [-0.39, 0.29) is 10.8 Å². The van der Waals surface area contributed by atoms with Gasteiger partial charge in [0.05, 0.1) is 0 Å². The first-order valence-electron chi connectivity index (χ1n) is 8.22. The van der Waals surface area contributed by atoms with Crippen LogP contribution in [0.1, 0.15) is 75.7 Å². The fourth-order valence-corrected chi connectivity index (χ4v) is 2.70. The van der Waals surface area contributed by atoms with Gasteiger partial charge in [0, 0.05) is 0 Å². The molecule has 0 aliphatic carbocycles. The molecule has 0 spiro atoms. The van der Waals surface area contributed by atoms with Crippen LogP contribution in [0.25, 0.3) is 0 Å². The smallest absolute Gasteiger partial charge is 0.0114 e. The molecule has 0 aromatic rings. The average molecular weight is 291 g/mol. The summed E-state index contributed by atoms with van der Waals surface area (Å²) in [6, 6.07) is 0. The van der Waals surface area contributed by atoms with Crippen LogP contribution < -0.4 is 0 Å². The van der Waals surface area contributed by atoms with E-state index >= 15 is 0 Å². The molecule has 0 aliphatic heterocycles. The molecule has 0 N–H and O–H groups in total. The first-order valence-corrected chi connectivity index (χ1v) is 8.22. The SMILES string of the molecule is C=C(/C=C\C(=CC)C(C)(C)C)C(CC(C)(C)C)C(C)(C)C. The van der Waals surface area contributed by atoms with Gasteiger partial charge in [0.2, 0.25) is 0 Å². The Hall–Kier alpha value is -0.780. The van der Waals surface area contributed by atoms with Crippen molar-refractivity contribution in [1.29, 1.82) is 0 Å².